The number of nitrogens with zero attached hydrogens (tertiary/aromatic N) is 4. The van der Waals surface area contributed by atoms with Crippen LogP contribution in [0.2, 0.25) is 0 Å². The molecule has 0 radical (unpaired) electrons. The molecule has 0 aliphatic carbocycles. The summed E-state index contributed by atoms with van der Waals surface area (Å²) in [4.78, 5) is 10.0. The second-order valence-electron chi connectivity index (χ2n) is 15.7. The molecule has 11 aromatic rings. The highest BCUT2D eigenvalue weighted by molar-refractivity contribution is 6.13. The highest BCUT2D eigenvalue weighted by Crippen LogP contribution is 2.39. The maximum atomic E-state index is 5.04. The van der Waals surface area contributed by atoms with Gasteiger partial charge in [0.1, 0.15) is 0 Å². The summed E-state index contributed by atoms with van der Waals surface area (Å²) >= 11 is 0. The zero-order valence-electron chi connectivity index (χ0n) is 34.6. The monoisotopic (exact) mass is 794 g/mol. The Kier molecular flexibility index (Phi) is 9.24. The van der Waals surface area contributed by atoms with Crippen molar-refractivity contribution in [1.82, 2.24) is 19.1 Å². The molecule has 3 aromatic heterocycles. The van der Waals surface area contributed by atoms with Crippen LogP contribution in [0, 0.1) is 0 Å². The third-order valence-corrected chi connectivity index (χ3v) is 12.0. The summed E-state index contributed by atoms with van der Waals surface area (Å²) in [6.07, 6.45) is 6.46. The first-order valence-electron chi connectivity index (χ1n) is 21.2. The van der Waals surface area contributed by atoms with Crippen LogP contribution in [0.4, 0.5) is 0 Å². The van der Waals surface area contributed by atoms with E-state index in [9.17, 15) is 0 Å². The van der Waals surface area contributed by atoms with Gasteiger partial charge in [-0.3, -0.25) is 0 Å². The molecule has 8 aromatic carbocycles. The van der Waals surface area contributed by atoms with Crippen molar-refractivity contribution in [2.24, 2.45) is 0 Å². The van der Waals surface area contributed by atoms with Crippen LogP contribution in [-0.2, 0) is 0 Å². The first-order valence-corrected chi connectivity index (χ1v) is 21.2. The zero-order valence-corrected chi connectivity index (χ0v) is 34.6. The van der Waals surface area contributed by atoms with E-state index in [0.29, 0.717) is 5.82 Å². The van der Waals surface area contributed by atoms with E-state index in [-0.39, 0.29) is 0 Å². The Balaban J connectivity index is 0.953. The lowest BCUT2D eigenvalue weighted by Gasteiger charge is -2.12. The summed E-state index contributed by atoms with van der Waals surface area (Å²) in [7, 11) is 0. The van der Waals surface area contributed by atoms with Gasteiger partial charge in [-0.2, -0.15) is 0 Å². The summed E-state index contributed by atoms with van der Waals surface area (Å²) in [6, 6.07) is 71.6. The van der Waals surface area contributed by atoms with E-state index in [1.807, 2.05) is 36.4 Å². The van der Waals surface area contributed by atoms with Crippen molar-refractivity contribution in [3.63, 3.8) is 0 Å². The molecule has 0 N–H and O–H groups in total. The van der Waals surface area contributed by atoms with Crippen LogP contribution in [0.1, 0.15) is 13.8 Å². The third kappa shape index (κ3) is 6.41. The van der Waals surface area contributed by atoms with Gasteiger partial charge < -0.3 is 9.13 Å². The lowest BCUT2D eigenvalue weighted by molar-refractivity contribution is 1.18. The Hall–Kier alpha value is -8.08. The average Bonchev–Trinajstić information content (AvgIpc) is 3.86. The standard InChI is InChI=1S/C58H42N4/c1-3-15-46(4-2)61-55-23-14-12-21-49(55)51-36-44(31-35-56(51)61)45-30-34-50-48-20-11-13-22-54(48)62(57(50)37-45)47-32-28-40(29-33-47)39-24-26-42(27-25-39)53-38-52(41-16-7-5-8-17-41)59-58(60-53)43-18-9-6-10-19-43/h3-38H,1-2H3/b15-3-,46-4+. The van der Waals surface area contributed by atoms with Crippen LogP contribution in [0.3, 0.4) is 0 Å². The lowest BCUT2D eigenvalue weighted by atomic mass is 10.0. The van der Waals surface area contributed by atoms with E-state index >= 15 is 0 Å². The molecule has 3 heterocycles. The number of hydrogen-bond donors (Lipinski definition) is 0. The number of allylic oxidation sites excluding steroid dienone is 4. The van der Waals surface area contributed by atoms with Gasteiger partial charge in [0.05, 0.1) is 33.5 Å². The molecule has 0 saturated heterocycles. The molecule has 0 saturated carbocycles. The molecule has 0 atom stereocenters. The topological polar surface area (TPSA) is 35.6 Å². The van der Waals surface area contributed by atoms with E-state index in [4.69, 9.17) is 9.97 Å². The minimum atomic E-state index is 0.715. The first kappa shape index (κ1) is 37.0. The number of rotatable bonds is 8. The SMILES string of the molecule is C/C=C\C(=C/C)n1c2ccccc2c2cc(-c3ccc4c5ccccc5n(-c5ccc(-c6ccc(-c7cc(-c8ccccc8)nc(-c8ccccc8)n7)cc6)cc5)c4c3)ccc21. The molecule has 4 heteroatoms. The third-order valence-electron chi connectivity index (χ3n) is 12.0. The molecule has 0 bridgehead atoms. The molecule has 11 rings (SSSR count). The number of para-hydroxylation sites is 2. The van der Waals surface area contributed by atoms with Crippen LogP contribution in [0.15, 0.2) is 218 Å². The Morgan fingerprint density at radius 3 is 1.56 bits per heavy atom. The highest BCUT2D eigenvalue weighted by atomic mass is 15.0. The molecule has 4 nitrogen and oxygen atoms in total. The minimum absolute atomic E-state index is 0.715. The fraction of sp³-hybridized carbons (Fsp3) is 0.0345. The van der Waals surface area contributed by atoms with E-state index in [1.165, 1.54) is 54.7 Å². The Morgan fingerprint density at radius 2 is 0.887 bits per heavy atom. The van der Waals surface area contributed by atoms with Crippen molar-refractivity contribution in [2.45, 2.75) is 13.8 Å². The van der Waals surface area contributed by atoms with Gasteiger partial charge in [-0.15, -0.1) is 0 Å². The molecular formula is C58H42N4. The quantitative estimate of drug-likeness (QED) is 0.144. The first-order chi connectivity index (χ1) is 30.6. The molecule has 62 heavy (non-hydrogen) atoms. The maximum Gasteiger partial charge on any atom is 0.160 e. The highest BCUT2D eigenvalue weighted by Gasteiger charge is 2.17. The van der Waals surface area contributed by atoms with Gasteiger partial charge in [-0.05, 0) is 90.7 Å². The number of fused-ring (bicyclic) bond motifs is 6. The fourth-order valence-electron chi connectivity index (χ4n) is 9.03. The van der Waals surface area contributed by atoms with Gasteiger partial charge in [0.25, 0.3) is 0 Å². The van der Waals surface area contributed by atoms with Crippen LogP contribution in [-0.4, -0.2) is 19.1 Å². The summed E-state index contributed by atoms with van der Waals surface area (Å²) in [5.41, 5.74) is 16.7. The normalized spacial score (nSPS) is 12.1. The second kappa shape index (κ2) is 15.5. The molecule has 0 amide bonds. The summed E-state index contributed by atoms with van der Waals surface area (Å²) in [5.74, 6) is 0.715. The molecule has 0 spiro atoms. The van der Waals surface area contributed by atoms with Crippen molar-refractivity contribution in [3.8, 4) is 61.8 Å². The van der Waals surface area contributed by atoms with E-state index in [2.05, 4.69) is 205 Å². The van der Waals surface area contributed by atoms with Crippen LogP contribution in [0.5, 0.6) is 0 Å². The van der Waals surface area contributed by atoms with Gasteiger partial charge >= 0.3 is 0 Å². The van der Waals surface area contributed by atoms with E-state index in [1.54, 1.807) is 0 Å². The van der Waals surface area contributed by atoms with Crippen LogP contribution < -0.4 is 0 Å². The predicted molar refractivity (Wildman–Crippen MR) is 261 cm³/mol. The zero-order chi connectivity index (χ0) is 41.6. The van der Waals surface area contributed by atoms with Crippen molar-refractivity contribution in [3.05, 3.63) is 218 Å². The summed E-state index contributed by atoms with van der Waals surface area (Å²) in [6.45, 7) is 4.18. The Morgan fingerprint density at radius 1 is 0.387 bits per heavy atom. The molecule has 294 valence electrons. The average molecular weight is 795 g/mol. The van der Waals surface area contributed by atoms with Gasteiger partial charge in [0.15, 0.2) is 5.82 Å². The van der Waals surface area contributed by atoms with Crippen molar-refractivity contribution in [2.75, 3.05) is 0 Å². The van der Waals surface area contributed by atoms with Gasteiger partial charge in [0, 0.05) is 49.6 Å². The molecular weight excluding hydrogens is 753 g/mol. The van der Waals surface area contributed by atoms with Crippen molar-refractivity contribution < 1.29 is 0 Å². The van der Waals surface area contributed by atoms with E-state index in [0.717, 1.165) is 50.6 Å². The van der Waals surface area contributed by atoms with Crippen molar-refractivity contribution >= 4 is 49.3 Å². The largest absolute Gasteiger partial charge is 0.310 e. The molecule has 0 unspecified atom stereocenters. The van der Waals surface area contributed by atoms with E-state index < -0.39 is 0 Å². The Bertz CT molecular complexity index is 3440. The van der Waals surface area contributed by atoms with Crippen LogP contribution >= 0.6 is 0 Å². The van der Waals surface area contributed by atoms with Gasteiger partial charge in [-0.25, -0.2) is 9.97 Å². The number of aromatic nitrogens is 4. The lowest BCUT2D eigenvalue weighted by Crippen LogP contribution is -1.96. The number of hydrogen-bond acceptors (Lipinski definition) is 2. The summed E-state index contributed by atoms with van der Waals surface area (Å²) in [5, 5.41) is 4.98. The van der Waals surface area contributed by atoms with Gasteiger partial charge in [0.2, 0.25) is 0 Å². The molecule has 0 aliphatic rings. The summed E-state index contributed by atoms with van der Waals surface area (Å²) < 4.78 is 4.78. The molecule has 0 fully saturated rings. The van der Waals surface area contributed by atoms with Crippen LogP contribution in [0.25, 0.3) is 111 Å². The number of benzene rings is 8. The van der Waals surface area contributed by atoms with Gasteiger partial charge in [-0.1, -0.05) is 164 Å². The fourth-order valence-corrected chi connectivity index (χ4v) is 9.03. The van der Waals surface area contributed by atoms with Crippen molar-refractivity contribution in [1.29, 1.82) is 0 Å². The Labute approximate surface area is 361 Å². The predicted octanol–water partition coefficient (Wildman–Crippen LogP) is 15.5. The maximum absolute atomic E-state index is 5.04. The minimum Gasteiger partial charge on any atom is -0.310 e. The second-order valence-corrected chi connectivity index (χ2v) is 15.7. The molecule has 0 aliphatic heterocycles. The smallest absolute Gasteiger partial charge is 0.160 e.